The second-order valence-electron chi connectivity index (χ2n) is 10.00. The van der Waals surface area contributed by atoms with Crippen molar-refractivity contribution in [3.63, 3.8) is 0 Å². The zero-order chi connectivity index (χ0) is 35.2. The second-order valence-corrected chi connectivity index (χ2v) is 10.00. The summed E-state index contributed by atoms with van der Waals surface area (Å²) in [6.07, 6.45) is 10.1. The van der Waals surface area contributed by atoms with E-state index in [4.69, 9.17) is 9.47 Å². The van der Waals surface area contributed by atoms with Gasteiger partial charge in [0.15, 0.2) is 11.5 Å². The highest BCUT2D eigenvalue weighted by Gasteiger charge is 2.23. The van der Waals surface area contributed by atoms with Crippen LogP contribution < -0.4 is 0 Å². The maximum absolute atomic E-state index is 12.5. The number of carbonyl (C=O) groups excluding carboxylic acids is 4. The summed E-state index contributed by atoms with van der Waals surface area (Å²) in [4.78, 5) is 62.8. The maximum atomic E-state index is 12.5. The third kappa shape index (κ3) is 9.19. The third-order valence-corrected chi connectivity index (χ3v) is 6.66. The number of nitrogens with zero attached hydrogens (tertiary/aromatic N) is 6. The molecule has 6 heterocycles. The van der Waals surface area contributed by atoms with Crippen LogP contribution in [0.3, 0.4) is 0 Å². The highest BCUT2D eigenvalue weighted by molar-refractivity contribution is 6.08. The first-order valence-electron chi connectivity index (χ1n) is 15.5. The molecule has 0 spiro atoms. The Morgan fingerprint density at radius 2 is 1.08 bits per heavy atom. The number of ketones is 1. The maximum Gasteiger partial charge on any atom is 0.359 e. The molecule has 0 radical (unpaired) electrons. The molecule has 0 fully saturated rings. The van der Waals surface area contributed by atoms with E-state index in [9.17, 15) is 19.2 Å². The van der Waals surface area contributed by atoms with E-state index in [-0.39, 0.29) is 30.5 Å². The highest BCUT2D eigenvalue weighted by Crippen LogP contribution is 2.27. The summed E-state index contributed by atoms with van der Waals surface area (Å²) in [5.41, 5.74) is 5.00. The molecule has 0 aliphatic rings. The average molecular weight is 665 g/mol. The lowest BCUT2D eigenvalue weighted by Crippen LogP contribution is -2.12. The predicted molar refractivity (Wildman–Crippen MR) is 181 cm³/mol. The van der Waals surface area contributed by atoms with E-state index in [2.05, 4.69) is 24.7 Å². The largest absolute Gasteiger partial charge is 0.466 e. The molecular formula is C36H36N6O7. The SMILES string of the molecule is CCOC(=O)CC(=O)c1nc2ccccn2c1-c1ccncc1.CCOC(=O)c1nc2ccccn2c1-c1ccncc1.CCOC(C)=O. The predicted octanol–water partition coefficient (Wildman–Crippen LogP) is 5.67. The number of ether oxygens (including phenoxy) is 3. The van der Waals surface area contributed by atoms with Gasteiger partial charge in [0, 0.05) is 55.2 Å². The molecule has 0 saturated carbocycles. The zero-order valence-corrected chi connectivity index (χ0v) is 27.6. The van der Waals surface area contributed by atoms with Gasteiger partial charge >= 0.3 is 17.9 Å². The second kappa shape index (κ2) is 17.6. The van der Waals surface area contributed by atoms with Crippen LogP contribution in [0.4, 0.5) is 0 Å². The first kappa shape index (κ1) is 35.6. The lowest BCUT2D eigenvalue weighted by Gasteiger charge is -2.05. The number of fused-ring (bicyclic) bond motifs is 2. The van der Waals surface area contributed by atoms with E-state index in [1.165, 1.54) is 6.92 Å². The van der Waals surface area contributed by atoms with Crippen molar-refractivity contribution in [2.24, 2.45) is 0 Å². The Kier molecular flexibility index (Phi) is 12.8. The molecule has 13 nitrogen and oxygen atoms in total. The zero-order valence-electron chi connectivity index (χ0n) is 27.6. The van der Waals surface area contributed by atoms with Crippen molar-refractivity contribution >= 4 is 35.0 Å². The van der Waals surface area contributed by atoms with E-state index in [0.717, 1.165) is 16.8 Å². The monoisotopic (exact) mass is 664 g/mol. The van der Waals surface area contributed by atoms with Crippen LogP contribution in [0, 0.1) is 0 Å². The molecule has 0 amide bonds. The van der Waals surface area contributed by atoms with E-state index in [1.54, 1.807) is 57.7 Å². The topological polar surface area (TPSA) is 156 Å². The lowest BCUT2D eigenvalue weighted by molar-refractivity contribution is -0.142. The van der Waals surface area contributed by atoms with E-state index in [0.29, 0.717) is 35.9 Å². The summed E-state index contributed by atoms with van der Waals surface area (Å²) in [5, 5.41) is 0. The number of Topliss-reactive ketones (excluding diaryl/α,β-unsaturated/α-hetero) is 1. The summed E-state index contributed by atoms with van der Waals surface area (Å²) in [5.74, 6) is -1.53. The molecule has 0 aromatic carbocycles. The van der Waals surface area contributed by atoms with Crippen LogP contribution >= 0.6 is 0 Å². The third-order valence-electron chi connectivity index (χ3n) is 6.66. The van der Waals surface area contributed by atoms with Gasteiger partial charge in [-0.1, -0.05) is 12.1 Å². The Labute approximate surface area is 282 Å². The standard InChI is InChI=1S/C17H15N3O3.C15H13N3O2.C4H8O2/c1-2-23-15(22)11-13(21)16-17(12-6-8-18-9-7-12)20-10-4-3-5-14(20)19-16;1-2-20-15(19)13-14(11-6-8-16-9-7-11)18-10-4-3-5-12(18)17-13;1-3-6-4(2)5/h3-10H,2,11H2,1H3;3-10H,2H2,1H3;3H2,1-2H3. The van der Waals surface area contributed by atoms with Crippen LogP contribution in [0.15, 0.2) is 97.8 Å². The highest BCUT2D eigenvalue weighted by atomic mass is 16.5. The Morgan fingerprint density at radius 3 is 1.53 bits per heavy atom. The van der Waals surface area contributed by atoms with Crippen LogP contribution in [-0.2, 0) is 23.8 Å². The smallest absolute Gasteiger partial charge is 0.359 e. The van der Waals surface area contributed by atoms with Crippen molar-refractivity contribution in [3.05, 3.63) is 109 Å². The molecule has 0 saturated heterocycles. The molecule has 252 valence electrons. The minimum absolute atomic E-state index is 0.211. The van der Waals surface area contributed by atoms with Crippen molar-refractivity contribution in [3.8, 4) is 22.5 Å². The average Bonchev–Trinajstić information content (AvgIpc) is 3.70. The van der Waals surface area contributed by atoms with Gasteiger partial charge in [0.2, 0.25) is 0 Å². The quantitative estimate of drug-likeness (QED) is 0.0811. The first-order chi connectivity index (χ1) is 23.8. The van der Waals surface area contributed by atoms with Gasteiger partial charge in [0.1, 0.15) is 23.4 Å². The fourth-order valence-electron chi connectivity index (χ4n) is 4.73. The number of carbonyl (C=O) groups is 4. The molecule has 0 N–H and O–H groups in total. The molecule has 0 bridgehead atoms. The molecule has 6 aromatic rings. The molecule has 0 aliphatic carbocycles. The molecule has 49 heavy (non-hydrogen) atoms. The van der Waals surface area contributed by atoms with Gasteiger partial charge in [-0.05, 0) is 69.3 Å². The number of imidazole rings is 2. The van der Waals surface area contributed by atoms with Crippen molar-refractivity contribution in [2.75, 3.05) is 19.8 Å². The summed E-state index contributed by atoms with van der Waals surface area (Å²) < 4.78 is 18.0. The Morgan fingerprint density at radius 1 is 0.612 bits per heavy atom. The molecule has 0 unspecified atom stereocenters. The Hall–Kier alpha value is -6.24. The first-order valence-corrected chi connectivity index (χ1v) is 15.5. The van der Waals surface area contributed by atoms with Crippen molar-refractivity contribution in [2.45, 2.75) is 34.1 Å². The van der Waals surface area contributed by atoms with Gasteiger partial charge < -0.3 is 14.2 Å². The summed E-state index contributed by atoms with van der Waals surface area (Å²) >= 11 is 0. The van der Waals surface area contributed by atoms with Gasteiger partial charge in [0.25, 0.3) is 0 Å². The number of hydrogen-bond acceptors (Lipinski definition) is 11. The van der Waals surface area contributed by atoms with Crippen LogP contribution in [0.1, 0.15) is 55.1 Å². The lowest BCUT2D eigenvalue weighted by atomic mass is 10.1. The molecule has 6 aromatic heterocycles. The molecule has 0 aliphatic heterocycles. The number of rotatable bonds is 9. The molecule has 0 atom stereocenters. The summed E-state index contributed by atoms with van der Waals surface area (Å²) in [6, 6.07) is 18.5. The Balaban J connectivity index is 0.000000191. The van der Waals surface area contributed by atoms with Gasteiger partial charge in [-0.15, -0.1) is 0 Å². The normalized spacial score (nSPS) is 10.3. The molecule has 6 rings (SSSR count). The van der Waals surface area contributed by atoms with E-state index >= 15 is 0 Å². The Bertz CT molecular complexity index is 2020. The van der Waals surface area contributed by atoms with Crippen LogP contribution in [0.5, 0.6) is 0 Å². The van der Waals surface area contributed by atoms with Gasteiger partial charge in [-0.2, -0.15) is 0 Å². The number of pyridine rings is 4. The minimum Gasteiger partial charge on any atom is -0.466 e. The van der Waals surface area contributed by atoms with Crippen LogP contribution in [-0.4, -0.2) is 72.2 Å². The van der Waals surface area contributed by atoms with Gasteiger partial charge in [-0.25, -0.2) is 14.8 Å². The number of aromatic nitrogens is 6. The minimum atomic E-state index is -0.546. The summed E-state index contributed by atoms with van der Waals surface area (Å²) in [7, 11) is 0. The van der Waals surface area contributed by atoms with E-state index in [1.807, 2.05) is 69.7 Å². The van der Waals surface area contributed by atoms with Crippen molar-refractivity contribution < 1.29 is 33.4 Å². The number of esters is 3. The van der Waals surface area contributed by atoms with E-state index < -0.39 is 11.9 Å². The van der Waals surface area contributed by atoms with Crippen molar-refractivity contribution in [1.29, 1.82) is 0 Å². The fourth-order valence-corrected chi connectivity index (χ4v) is 4.73. The van der Waals surface area contributed by atoms with Crippen LogP contribution in [0.25, 0.3) is 33.8 Å². The van der Waals surface area contributed by atoms with Gasteiger partial charge in [0.05, 0.1) is 31.2 Å². The van der Waals surface area contributed by atoms with Gasteiger partial charge in [-0.3, -0.25) is 33.2 Å². The van der Waals surface area contributed by atoms with Crippen molar-refractivity contribution in [1.82, 2.24) is 28.7 Å². The number of hydrogen-bond donors (Lipinski definition) is 0. The molecule has 13 heteroatoms. The summed E-state index contributed by atoms with van der Waals surface area (Å²) in [6.45, 7) is 7.70. The fraction of sp³-hybridized carbons (Fsp3) is 0.222. The molecular weight excluding hydrogens is 628 g/mol. The van der Waals surface area contributed by atoms with Crippen LogP contribution in [0.2, 0.25) is 0 Å².